The molecule has 8 heteroatoms. The fraction of sp³-hybridized carbons (Fsp3) is 0.389. The van der Waals surface area contributed by atoms with Crippen molar-refractivity contribution in [1.82, 2.24) is 15.1 Å². The molecule has 0 radical (unpaired) electrons. The second-order valence-corrected chi connectivity index (χ2v) is 6.91. The van der Waals surface area contributed by atoms with E-state index in [-0.39, 0.29) is 5.56 Å². The van der Waals surface area contributed by atoms with Crippen molar-refractivity contribution in [2.75, 3.05) is 0 Å². The van der Waals surface area contributed by atoms with Gasteiger partial charge < -0.3 is 10.4 Å². The number of nitrogens with one attached hydrogen (secondary N) is 1. The number of nitrogens with zero attached hydrogens (tertiary/aromatic N) is 2. The zero-order chi connectivity index (χ0) is 19.5. The van der Waals surface area contributed by atoms with E-state index in [0.29, 0.717) is 5.69 Å². The van der Waals surface area contributed by atoms with Crippen molar-refractivity contribution < 1.29 is 23.5 Å². The van der Waals surface area contributed by atoms with Gasteiger partial charge in [-0.25, -0.2) is 18.3 Å². The molecule has 1 aromatic carbocycles. The molecular weight excluding hydrogens is 344 g/mol. The predicted molar refractivity (Wildman–Crippen MR) is 91.8 cm³/mol. The zero-order valence-electron chi connectivity index (χ0n) is 14.7. The lowest BCUT2D eigenvalue weighted by atomic mass is 9.89. The van der Waals surface area contributed by atoms with E-state index in [1.54, 1.807) is 12.1 Å². The first-order valence-electron chi connectivity index (χ1n) is 8.07. The summed E-state index contributed by atoms with van der Waals surface area (Å²) in [5.74, 6) is -2.25. The SMILES string of the molecule is CC(C)(C)c1nn(-c2ccccc2)cc1C(=O)NC(CC(F)F)C(=O)O. The van der Waals surface area contributed by atoms with Gasteiger partial charge in [-0.15, -0.1) is 0 Å². The van der Waals surface area contributed by atoms with Gasteiger partial charge in [-0.1, -0.05) is 39.0 Å². The molecule has 6 nitrogen and oxygen atoms in total. The Morgan fingerprint density at radius 3 is 2.35 bits per heavy atom. The van der Waals surface area contributed by atoms with Crippen LogP contribution in [0.5, 0.6) is 0 Å². The van der Waals surface area contributed by atoms with Gasteiger partial charge in [0, 0.05) is 18.0 Å². The van der Waals surface area contributed by atoms with Crippen LogP contribution in [0, 0.1) is 0 Å². The maximum atomic E-state index is 12.6. The number of aromatic nitrogens is 2. The average Bonchev–Trinajstić information content (AvgIpc) is 3.00. The van der Waals surface area contributed by atoms with Gasteiger partial charge in [0.2, 0.25) is 6.43 Å². The fourth-order valence-corrected chi connectivity index (χ4v) is 2.44. The number of hydrogen-bond donors (Lipinski definition) is 2. The highest BCUT2D eigenvalue weighted by Crippen LogP contribution is 2.26. The molecule has 1 unspecified atom stereocenters. The predicted octanol–water partition coefficient (Wildman–Crippen LogP) is 3.01. The van der Waals surface area contributed by atoms with Crippen LogP contribution in [0.25, 0.3) is 5.69 Å². The first kappa shape index (κ1) is 19.6. The maximum Gasteiger partial charge on any atom is 0.326 e. The molecule has 1 heterocycles. The number of para-hydroxylation sites is 1. The quantitative estimate of drug-likeness (QED) is 0.824. The summed E-state index contributed by atoms with van der Waals surface area (Å²) in [5, 5.41) is 15.7. The van der Waals surface area contributed by atoms with E-state index in [1.165, 1.54) is 10.9 Å². The Morgan fingerprint density at radius 2 is 1.85 bits per heavy atom. The van der Waals surface area contributed by atoms with E-state index in [9.17, 15) is 18.4 Å². The molecular formula is C18H21F2N3O3. The number of halogens is 2. The molecule has 0 saturated carbocycles. The van der Waals surface area contributed by atoms with Crippen molar-refractivity contribution in [3.63, 3.8) is 0 Å². The second-order valence-electron chi connectivity index (χ2n) is 6.91. The topological polar surface area (TPSA) is 84.2 Å². The summed E-state index contributed by atoms with van der Waals surface area (Å²) in [5.41, 5.74) is 0.815. The van der Waals surface area contributed by atoms with Crippen LogP contribution < -0.4 is 5.32 Å². The second kappa shape index (κ2) is 7.63. The molecule has 2 rings (SSSR count). The van der Waals surface area contributed by atoms with Gasteiger partial charge >= 0.3 is 5.97 Å². The highest BCUT2D eigenvalue weighted by Gasteiger charge is 2.30. The first-order valence-corrected chi connectivity index (χ1v) is 8.07. The molecule has 0 bridgehead atoms. The van der Waals surface area contributed by atoms with Gasteiger partial charge in [-0.05, 0) is 12.1 Å². The third-order valence-electron chi connectivity index (χ3n) is 3.71. The van der Waals surface area contributed by atoms with Gasteiger partial charge in [0.25, 0.3) is 5.91 Å². The minimum absolute atomic E-state index is 0.155. The van der Waals surface area contributed by atoms with Gasteiger partial charge in [0.15, 0.2) is 0 Å². The number of amides is 1. The minimum Gasteiger partial charge on any atom is -0.480 e. The molecule has 1 amide bonds. The number of carboxylic acids is 1. The Kier molecular flexibility index (Phi) is 5.74. The summed E-state index contributed by atoms with van der Waals surface area (Å²) in [6.45, 7) is 5.57. The van der Waals surface area contributed by atoms with Crippen molar-refractivity contribution in [1.29, 1.82) is 0 Å². The van der Waals surface area contributed by atoms with Gasteiger partial charge in [-0.2, -0.15) is 5.10 Å². The molecule has 0 fully saturated rings. The Bertz CT molecular complexity index is 783. The van der Waals surface area contributed by atoms with Crippen LogP contribution in [-0.4, -0.2) is 39.2 Å². The monoisotopic (exact) mass is 365 g/mol. The van der Waals surface area contributed by atoms with E-state index < -0.39 is 36.2 Å². The van der Waals surface area contributed by atoms with Crippen molar-refractivity contribution in [3.8, 4) is 5.69 Å². The maximum absolute atomic E-state index is 12.6. The number of rotatable bonds is 6. The smallest absolute Gasteiger partial charge is 0.326 e. The molecule has 1 aromatic heterocycles. The van der Waals surface area contributed by atoms with E-state index >= 15 is 0 Å². The summed E-state index contributed by atoms with van der Waals surface area (Å²) in [4.78, 5) is 23.7. The summed E-state index contributed by atoms with van der Waals surface area (Å²) in [7, 11) is 0. The highest BCUT2D eigenvalue weighted by atomic mass is 19.3. The first-order chi connectivity index (χ1) is 12.1. The summed E-state index contributed by atoms with van der Waals surface area (Å²) in [6, 6.07) is 7.41. The number of carbonyl (C=O) groups excluding carboxylic acids is 1. The lowest BCUT2D eigenvalue weighted by Crippen LogP contribution is -2.42. The largest absolute Gasteiger partial charge is 0.480 e. The minimum atomic E-state index is -2.84. The lowest BCUT2D eigenvalue weighted by Gasteiger charge is -2.18. The molecule has 0 saturated heterocycles. The lowest BCUT2D eigenvalue weighted by molar-refractivity contribution is -0.140. The molecule has 1 atom stereocenters. The molecule has 0 aliphatic heterocycles. The van der Waals surface area contributed by atoms with Crippen molar-refractivity contribution in [3.05, 3.63) is 47.8 Å². The molecule has 0 aliphatic rings. The Morgan fingerprint density at radius 1 is 1.23 bits per heavy atom. The molecule has 2 aromatic rings. The summed E-state index contributed by atoms with van der Waals surface area (Å²) < 4.78 is 26.6. The van der Waals surface area contributed by atoms with Gasteiger partial charge in [-0.3, -0.25) is 4.79 Å². The van der Waals surface area contributed by atoms with Crippen LogP contribution in [0.4, 0.5) is 8.78 Å². The number of aliphatic carboxylic acids is 1. The standard InChI is InChI=1S/C18H21F2N3O3/c1-18(2,3)15-12(10-23(22-15)11-7-5-4-6-8-11)16(24)21-13(17(25)26)9-14(19)20/h4-8,10,13-14H,9H2,1-3H3,(H,21,24)(H,25,26). The van der Waals surface area contributed by atoms with E-state index in [1.807, 2.05) is 39.0 Å². The number of alkyl halides is 2. The Balaban J connectivity index is 2.39. The summed E-state index contributed by atoms with van der Waals surface area (Å²) >= 11 is 0. The van der Waals surface area contributed by atoms with Crippen LogP contribution in [0.1, 0.15) is 43.2 Å². The van der Waals surface area contributed by atoms with E-state index in [2.05, 4.69) is 10.4 Å². The van der Waals surface area contributed by atoms with E-state index in [4.69, 9.17) is 5.11 Å². The van der Waals surface area contributed by atoms with Crippen LogP contribution >= 0.6 is 0 Å². The fourth-order valence-electron chi connectivity index (χ4n) is 2.44. The highest BCUT2D eigenvalue weighted by molar-refractivity contribution is 5.97. The van der Waals surface area contributed by atoms with Crippen molar-refractivity contribution in [2.45, 2.75) is 45.1 Å². The van der Waals surface area contributed by atoms with Crippen molar-refractivity contribution in [2.24, 2.45) is 0 Å². The molecule has 0 spiro atoms. The Labute approximate surface area is 149 Å². The number of hydrogen-bond acceptors (Lipinski definition) is 3. The number of carbonyl (C=O) groups is 2. The number of benzene rings is 1. The molecule has 140 valence electrons. The average molecular weight is 365 g/mol. The third kappa shape index (κ3) is 4.65. The third-order valence-corrected chi connectivity index (χ3v) is 3.71. The van der Waals surface area contributed by atoms with Gasteiger partial charge in [0.1, 0.15) is 6.04 Å². The van der Waals surface area contributed by atoms with Crippen molar-refractivity contribution >= 4 is 11.9 Å². The van der Waals surface area contributed by atoms with Crippen LogP contribution in [0.3, 0.4) is 0 Å². The van der Waals surface area contributed by atoms with Gasteiger partial charge in [0.05, 0.1) is 16.9 Å². The normalized spacial score (nSPS) is 12.8. The zero-order valence-corrected chi connectivity index (χ0v) is 14.7. The summed E-state index contributed by atoms with van der Waals surface area (Å²) in [6.07, 6.45) is -2.32. The Hall–Kier alpha value is -2.77. The number of carboxylic acid groups (broad SMARTS) is 1. The molecule has 2 N–H and O–H groups in total. The van der Waals surface area contributed by atoms with E-state index in [0.717, 1.165) is 5.69 Å². The van der Waals surface area contributed by atoms with Crippen LogP contribution in [0.15, 0.2) is 36.5 Å². The van der Waals surface area contributed by atoms with Crippen LogP contribution in [-0.2, 0) is 10.2 Å². The van der Waals surface area contributed by atoms with Crippen LogP contribution in [0.2, 0.25) is 0 Å². The molecule has 0 aliphatic carbocycles. The molecule has 26 heavy (non-hydrogen) atoms.